The minimum atomic E-state index is -1.60. The van der Waals surface area contributed by atoms with Gasteiger partial charge in [-0.2, -0.15) is 0 Å². The monoisotopic (exact) mass is 798 g/mol. The highest BCUT2D eigenvalue weighted by Crippen LogP contribution is 2.34. The molecule has 3 saturated heterocycles. The predicted molar refractivity (Wildman–Crippen MR) is 193 cm³/mol. The van der Waals surface area contributed by atoms with Crippen molar-refractivity contribution in [1.82, 2.24) is 0 Å². The van der Waals surface area contributed by atoms with E-state index >= 15 is 0 Å². The van der Waals surface area contributed by atoms with E-state index in [1.807, 2.05) is 6.08 Å². The number of aliphatic carboxylic acids is 1. The molecule has 3 heterocycles. The van der Waals surface area contributed by atoms with Crippen molar-refractivity contribution in [2.24, 2.45) is 34.4 Å². The quantitative estimate of drug-likeness (QED) is 0.0454. The lowest BCUT2D eigenvalue weighted by Crippen LogP contribution is -2.68. The van der Waals surface area contributed by atoms with E-state index in [0.717, 1.165) is 19.3 Å². The number of ether oxygens (including phenoxy) is 6. The lowest BCUT2D eigenvalue weighted by molar-refractivity contribution is -0.306. The maximum atomic E-state index is 11.1. The number of rotatable bonds is 18. The van der Waals surface area contributed by atoms with Crippen LogP contribution in [0.5, 0.6) is 0 Å². The molecule has 0 aromatic carbocycles. The van der Waals surface area contributed by atoms with Crippen LogP contribution >= 0.6 is 0 Å². The van der Waals surface area contributed by atoms with E-state index in [0.29, 0.717) is 6.42 Å². The maximum absolute atomic E-state index is 11.1. The van der Waals surface area contributed by atoms with E-state index in [1.54, 1.807) is 0 Å². The Morgan fingerprint density at radius 1 is 0.618 bits per heavy atom. The number of nitrogens with two attached hydrogens (primary N) is 6. The largest absolute Gasteiger partial charge is 0.481 e. The Hall–Kier alpha value is -1.55. The molecule has 0 unspecified atom stereocenters. The van der Waals surface area contributed by atoms with Crippen molar-refractivity contribution in [2.45, 2.75) is 174 Å². The Balaban J connectivity index is 0.000000534. The molecule has 0 radical (unpaired) electrons. The van der Waals surface area contributed by atoms with Crippen LogP contribution in [0.1, 0.15) is 57.8 Å². The molecule has 0 amide bonds. The van der Waals surface area contributed by atoms with E-state index in [4.69, 9.17) is 67.9 Å². The topological polar surface area (TPSA) is 390 Å². The van der Waals surface area contributed by atoms with Gasteiger partial charge in [-0.25, -0.2) is 0 Å². The van der Waals surface area contributed by atoms with Crippen molar-refractivity contribution >= 4 is 5.97 Å². The molecule has 4 rings (SSSR count). The van der Waals surface area contributed by atoms with Crippen molar-refractivity contribution in [2.75, 3.05) is 19.7 Å². The highest BCUT2D eigenvalue weighted by molar-refractivity contribution is 5.66. The van der Waals surface area contributed by atoms with Gasteiger partial charge in [0.15, 0.2) is 18.9 Å². The van der Waals surface area contributed by atoms with Gasteiger partial charge in [0, 0.05) is 31.6 Å². The van der Waals surface area contributed by atoms with Gasteiger partial charge in [-0.15, -0.1) is 6.58 Å². The maximum Gasteiger partial charge on any atom is 0.303 e. The summed E-state index contributed by atoms with van der Waals surface area (Å²) in [7, 11) is 0. The third-order valence-corrected chi connectivity index (χ3v) is 10.4. The van der Waals surface area contributed by atoms with E-state index in [1.165, 1.54) is 25.7 Å². The van der Waals surface area contributed by atoms with Crippen molar-refractivity contribution in [1.29, 1.82) is 0 Å². The molecular weight excluding hydrogens is 732 g/mol. The third-order valence-electron chi connectivity index (χ3n) is 10.4. The number of carboxylic acids is 1. The first-order valence-corrected chi connectivity index (χ1v) is 19.0. The van der Waals surface area contributed by atoms with Gasteiger partial charge in [-0.3, -0.25) is 4.79 Å². The summed E-state index contributed by atoms with van der Waals surface area (Å²) >= 11 is 0. The second-order valence-electron chi connectivity index (χ2n) is 14.6. The van der Waals surface area contributed by atoms with E-state index in [-0.39, 0.29) is 19.5 Å². The molecule has 322 valence electrons. The fraction of sp³-hybridized carbons (Fsp3) is 0.912. The lowest BCUT2D eigenvalue weighted by Gasteiger charge is -2.47. The molecule has 1 aliphatic carbocycles. The molecule has 21 nitrogen and oxygen atoms in total. The number of carboxylic acid groups (broad SMARTS) is 1. The summed E-state index contributed by atoms with van der Waals surface area (Å²) in [5.41, 5.74) is 35.6. The fourth-order valence-corrected chi connectivity index (χ4v) is 7.01. The summed E-state index contributed by atoms with van der Waals surface area (Å²) in [6.07, 6.45) is -9.64. The number of carbonyl (C=O) groups is 1. The first kappa shape index (κ1) is 47.8. The molecule has 0 spiro atoms. The number of unbranched alkanes of at least 4 members (excludes halogenated alkanes) is 6. The number of hydrogen-bond acceptors (Lipinski definition) is 20. The Labute approximate surface area is 320 Å². The minimum absolute atomic E-state index is 0.0889. The third kappa shape index (κ3) is 12.7. The molecule has 4 aliphatic rings. The van der Waals surface area contributed by atoms with Crippen molar-refractivity contribution in [3.05, 3.63) is 12.7 Å². The predicted octanol–water partition coefficient (Wildman–Crippen LogP) is -5.52. The van der Waals surface area contributed by atoms with Gasteiger partial charge >= 0.3 is 5.97 Å². The first-order valence-electron chi connectivity index (χ1n) is 19.0. The molecule has 1 saturated carbocycles. The van der Waals surface area contributed by atoms with Crippen LogP contribution in [0.25, 0.3) is 0 Å². The molecular formula is C34H66N6O15. The van der Waals surface area contributed by atoms with Gasteiger partial charge in [0.05, 0.1) is 24.8 Å². The van der Waals surface area contributed by atoms with Crippen LogP contribution in [-0.4, -0.2) is 183 Å². The summed E-state index contributed by atoms with van der Waals surface area (Å²) in [4.78, 5) is 10.2. The van der Waals surface area contributed by atoms with Crippen LogP contribution in [0.3, 0.4) is 0 Å². The standard InChI is InChI=1S/C23H46N6O13.C11H20O2/c24-2-7-13(32)15(34)10(28)21(37-7)40-18-6(27)1-5(26)12(31)20(18)42-23-17(36)19(9(4-30)39-23)41-22-11(29)16(35)14(33)8(3-25)38-22;1-2-3-4-5-6-7-8-9-10-11(12)13/h5-23,30-36H,1-4,24-29H2;2H,1,3-10H2,(H,12,13)/t5-,6+,7-,8+,9-,10-,11-,12+,13-,14-,15-,16-,17-,18-,19-,20-,21-,22-,23+;/m1./s1. The van der Waals surface area contributed by atoms with Gasteiger partial charge in [-0.05, 0) is 25.7 Å². The second-order valence-corrected chi connectivity index (χ2v) is 14.6. The molecule has 0 aromatic rings. The highest BCUT2D eigenvalue weighted by atomic mass is 16.8. The number of aliphatic hydroxyl groups is 7. The summed E-state index contributed by atoms with van der Waals surface area (Å²) in [5.74, 6) is -0.674. The number of aliphatic hydroxyl groups excluding tert-OH is 7. The average molecular weight is 799 g/mol. The summed E-state index contributed by atoms with van der Waals surface area (Å²) in [5, 5.41) is 81.4. The zero-order valence-corrected chi connectivity index (χ0v) is 31.1. The SMILES string of the molecule is C=CCCCCCCCCC(=O)O.NC[C@@H]1O[C@H](O[C@H]2[C@@H](O)[C@H](O[C@@H]3[C@@H](O)[C@H](N)C[C@H](N)[C@H]3O[C@H]3O[C@H](CN)[C@@H](O)[C@H](O)[C@H]3N)O[C@@H]2CO)[C@H](N)[C@@H](O)[C@@H]1O. The van der Waals surface area contributed by atoms with Gasteiger partial charge < -0.3 is 104 Å². The van der Waals surface area contributed by atoms with Crippen molar-refractivity contribution in [3.8, 4) is 0 Å². The van der Waals surface area contributed by atoms with Gasteiger partial charge in [0.1, 0.15) is 67.1 Å². The van der Waals surface area contributed by atoms with E-state index < -0.39 is 129 Å². The lowest BCUT2D eigenvalue weighted by atomic mass is 9.84. The minimum Gasteiger partial charge on any atom is -0.481 e. The molecule has 20 N–H and O–H groups in total. The fourth-order valence-electron chi connectivity index (χ4n) is 7.01. The van der Waals surface area contributed by atoms with E-state index in [2.05, 4.69) is 6.58 Å². The summed E-state index contributed by atoms with van der Waals surface area (Å²) < 4.78 is 34.6. The van der Waals surface area contributed by atoms with Crippen molar-refractivity contribution in [3.63, 3.8) is 0 Å². The Morgan fingerprint density at radius 2 is 1.09 bits per heavy atom. The van der Waals surface area contributed by atoms with Crippen LogP contribution < -0.4 is 34.4 Å². The van der Waals surface area contributed by atoms with Crippen LogP contribution in [0.15, 0.2) is 12.7 Å². The second kappa shape index (κ2) is 23.1. The van der Waals surface area contributed by atoms with Crippen LogP contribution in [-0.2, 0) is 33.2 Å². The Morgan fingerprint density at radius 3 is 1.58 bits per heavy atom. The molecule has 19 atom stereocenters. The smallest absolute Gasteiger partial charge is 0.303 e. The highest BCUT2D eigenvalue weighted by Gasteiger charge is 2.54. The molecule has 0 aromatic heterocycles. The first-order chi connectivity index (χ1) is 26.1. The van der Waals surface area contributed by atoms with Gasteiger partial charge in [0.25, 0.3) is 0 Å². The molecule has 4 fully saturated rings. The zero-order chi connectivity index (χ0) is 41.0. The average Bonchev–Trinajstić information content (AvgIpc) is 3.46. The number of allylic oxidation sites excluding steroid dienone is 1. The normalized spacial score (nSPS) is 43.4. The molecule has 0 bridgehead atoms. The zero-order valence-electron chi connectivity index (χ0n) is 31.1. The van der Waals surface area contributed by atoms with Gasteiger partial charge in [-0.1, -0.05) is 31.8 Å². The van der Waals surface area contributed by atoms with Crippen LogP contribution in [0, 0.1) is 0 Å². The molecule has 55 heavy (non-hydrogen) atoms. The van der Waals surface area contributed by atoms with Crippen molar-refractivity contribution < 1.29 is 74.1 Å². The Kier molecular flexibility index (Phi) is 20.1. The number of hydrogen-bond donors (Lipinski definition) is 14. The van der Waals surface area contributed by atoms with E-state index in [9.17, 15) is 40.5 Å². The van der Waals surface area contributed by atoms with Crippen LogP contribution in [0.4, 0.5) is 0 Å². The summed E-state index contributed by atoms with van der Waals surface area (Å²) in [6, 6.07) is -4.18. The molecule has 3 aliphatic heterocycles. The summed E-state index contributed by atoms with van der Waals surface area (Å²) in [6.45, 7) is 2.70. The van der Waals surface area contributed by atoms with Crippen LogP contribution in [0.2, 0.25) is 0 Å². The molecule has 21 heteroatoms. The Bertz CT molecular complexity index is 1130. The van der Waals surface area contributed by atoms with Gasteiger partial charge in [0.2, 0.25) is 0 Å².